The summed E-state index contributed by atoms with van der Waals surface area (Å²) >= 11 is 0. The van der Waals surface area contributed by atoms with E-state index in [9.17, 15) is 73.2 Å². The minimum absolute atomic E-state index is 0.507. The molecule has 2 amide bonds. The van der Waals surface area contributed by atoms with E-state index in [1.807, 2.05) is 0 Å². The SMILES string of the molecule is CC(=O)O[C@H](C)CC(=O)NC1C(OCC2OC(OCC(COP(=O)(O)O)OP(=O)(O)O)C(NC(=O)C[C@@H](C)O)C(O)C2O)OC(CO)C(OP(=O)(O)O)C1O. The van der Waals surface area contributed by atoms with Crippen molar-refractivity contribution in [2.75, 3.05) is 26.4 Å². The fourth-order valence-corrected chi connectivity index (χ4v) is 6.68. The number of aliphatic hydroxyl groups is 5. The third-order valence-corrected chi connectivity index (χ3v) is 8.95. The average Bonchev–Trinajstić information content (AvgIpc) is 3.01. The maximum absolute atomic E-state index is 12.8. The van der Waals surface area contributed by atoms with Gasteiger partial charge in [-0.1, -0.05) is 0 Å². The van der Waals surface area contributed by atoms with Crippen molar-refractivity contribution in [2.45, 2.75) is 113 Å². The zero-order valence-corrected chi connectivity index (χ0v) is 31.9. The monoisotopic (exact) mass is 868 g/mol. The Balaban J connectivity index is 2.38. The van der Waals surface area contributed by atoms with Crippen LogP contribution >= 0.6 is 23.5 Å². The molecule has 0 aromatic rings. The Morgan fingerprint density at radius 1 is 0.745 bits per heavy atom. The number of hydrogen-bond donors (Lipinski definition) is 13. The molecule has 2 heterocycles. The molecule has 2 saturated heterocycles. The number of amides is 2. The molecule has 0 aromatic heterocycles. The van der Waals surface area contributed by atoms with E-state index in [-0.39, 0.29) is 0 Å². The number of rotatable bonds is 21. The van der Waals surface area contributed by atoms with Crippen molar-refractivity contribution in [3.8, 4) is 0 Å². The molecule has 2 rings (SSSR count). The van der Waals surface area contributed by atoms with Crippen LogP contribution in [0.4, 0.5) is 0 Å². The summed E-state index contributed by atoms with van der Waals surface area (Å²) < 4.78 is 74.7. The number of aliphatic hydroxyl groups excluding tert-OH is 5. The maximum atomic E-state index is 12.8. The molecule has 30 heteroatoms. The molecular formula is C25H47N2O25P3. The van der Waals surface area contributed by atoms with E-state index < -0.39 is 160 Å². The summed E-state index contributed by atoms with van der Waals surface area (Å²) in [7, 11) is -15.9. The summed E-state index contributed by atoms with van der Waals surface area (Å²) in [6.07, 6.45) is -20.5. The molecule has 13 atom stereocenters. The normalized spacial score (nSPS) is 30.9. The molecular weight excluding hydrogens is 821 g/mol. The summed E-state index contributed by atoms with van der Waals surface area (Å²) in [6, 6.07) is -3.50. The molecule has 0 saturated carbocycles. The van der Waals surface area contributed by atoms with E-state index in [1.54, 1.807) is 0 Å². The molecule has 2 aliphatic heterocycles. The molecule has 2 fully saturated rings. The fraction of sp³-hybridized carbons (Fsp3) is 0.880. The van der Waals surface area contributed by atoms with Gasteiger partial charge in [0.25, 0.3) is 0 Å². The first-order chi connectivity index (χ1) is 25.2. The van der Waals surface area contributed by atoms with Crippen LogP contribution in [0.15, 0.2) is 0 Å². The quantitative estimate of drug-likeness (QED) is 0.0378. The highest BCUT2D eigenvalue weighted by atomic mass is 31.2. The summed E-state index contributed by atoms with van der Waals surface area (Å²) in [4.78, 5) is 91.9. The minimum atomic E-state index is -5.36. The Hall–Kier alpha value is -1.62. The molecule has 27 nitrogen and oxygen atoms in total. The summed E-state index contributed by atoms with van der Waals surface area (Å²) in [6.45, 7) is -0.451. The van der Waals surface area contributed by atoms with Crippen molar-refractivity contribution in [3.05, 3.63) is 0 Å². The number of phosphoric ester groups is 3. The summed E-state index contributed by atoms with van der Waals surface area (Å²) in [5, 5.41) is 57.1. The second-order valence-electron chi connectivity index (χ2n) is 12.3. The molecule has 55 heavy (non-hydrogen) atoms. The zero-order chi connectivity index (χ0) is 42.1. The third kappa shape index (κ3) is 17.8. The number of nitrogens with one attached hydrogen (secondary N) is 2. The number of carbonyl (C=O) groups excluding carboxylic acids is 3. The number of esters is 1. The summed E-state index contributed by atoms with van der Waals surface area (Å²) in [5.41, 5.74) is 0. The van der Waals surface area contributed by atoms with Gasteiger partial charge in [-0.3, -0.25) is 28.0 Å². The van der Waals surface area contributed by atoms with Gasteiger partial charge in [-0.15, -0.1) is 0 Å². The van der Waals surface area contributed by atoms with Crippen LogP contribution in [0.5, 0.6) is 0 Å². The Labute approximate surface area is 311 Å². The van der Waals surface area contributed by atoms with Crippen LogP contribution in [-0.4, -0.2) is 179 Å². The molecule has 0 aromatic carbocycles. The standard InChI is InChI=1S/C25H47N2O25P3/c1-10(29)4-16(31)26-18-21(34)20(33)15(50-24(18)45-7-13(51-54(39,40)41)8-47-53(36,37)38)9-46-25-19(27-17(32)5-11(2)48-12(3)30)22(35)23(14(6-28)49-25)52-55(42,43)44/h10-11,13-15,18-25,28-29,33-35H,4-9H2,1-3H3,(H,26,31)(H,27,32)(H2,36,37,38)(H2,39,40,41)(H2,42,43,44)/t10-,11-,13?,14?,15?,18?,19?,20?,21?,22?,23?,24?,25?/m1/s1. The van der Waals surface area contributed by atoms with Crippen LogP contribution in [0.2, 0.25) is 0 Å². The lowest BCUT2D eigenvalue weighted by molar-refractivity contribution is -0.304. The van der Waals surface area contributed by atoms with Crippen molar-refractivity contribution in [3.63, 3.8) is 0 Å². The largest absolute Gasteiger partial charge is 0.470 e. The first kappa shape index (κ1) is 49.5. The molecule has 0 bridgehead atoms. The van der Waals surface area contributed by atoms with Gasteiger partial charge in [-0.05, 0) is 13.8 Å². The van der Waals surface area contributed by atoms with Gasteiger partial charge in [0.15, 0.2) is 12.6 Å². The number of carbonyl (C=O) groups is 3. The third-order valence-electron chi connectivity index (χ3n) is 7.38. The highest BCUT2D eigenvalue weighted by molar-refractivity contribution is 7.46. The lowest BCUT2D eigenvalue weighted by Crippen LogP contribution is -2.67. The molecule has 0 spiro atoms. The second kappa shape index (κ2) is 21.4. The second-order valence-corrected chi connectivity index (χ2v) is 16.0. The van der Waals surface area contributed by atoms with Crippen LogP contribution in [0.3, 0.4) is 0 Å². The van der Waals surface area contributed by atoms with E-state index in [1.165, 1.54) is 13.8 Å². The molecule has 0 radical (unpaired) electrons. The lowest BCUT2D eigenvalue weighted by Gasteiger charge is -2.45. The van der Waals surface area contributed by atoms with Crippen LogP contribution in [0.1, 0.15) is 33.6 Å². The molecule has 11 unspecified atom stereocenters. The van der Waals surface area contributed by atoms with Crippen molar-refractivity contribution in [1.29, 1.82) is 0 Å². The van der Waals surface area contributed by atoms with Gasteiger partial charge in [0.05, 0.1) is 45.4 Å². The predicted octanol–water partition coefficient (Wildman–Crippen LogP) is -5.31. The Morgan fingerprint density at radius 2 is 1.29 bits per heavy atom. The Morgan fingerprint density at radius 3 is 1.80 bits per heavy atom. The van der Waals surface area contributed by atoms with Gasteiger partial charge in [0, 0.05) is 6.92 Å². The Kier molecular flexibility index (Phi) is 19.3. The van der Waals surface area contributed by atoms with Gasteiger partial charge < -0.3 is 89.2 Å². The van der Waals surface area contributed by atoms with Gasteiger partial charge in [-0.2, -0.15) is 0 Å². The van der Waals surface area contributed by atoms with Gasteiger partial charge in [0.1, 0.15) is 60.9 Å². The minimum Gasteiger partial charge on any atom is -0.462 e. The van der Waals surface area contributed by atoms with Gasteiger partial charge >= 0.3 is 29.4 Å². The van der Waals surface area contributed by atoms with Gasteiger partial charge in [-0.25, -0.2) is 13.7 Å². The maximum Gasteiger partial charge on any atom is 0.470 e. The number of phosphoric acid groups is 3. The first-order valence-corrected chi connectivity index (χ1v) is 20.6. The Bertz CT molecular complexity index is 1410. The molecule has 0 aliphatic carbocycles. The lowest BCUT2D eigenvalue weighted by atomic mass is 9.95. The predicted molar refractivity (Wildman–Crippen MR) is 172 cm³/mol. The van der Waals surface area contributed by atoms with E-state index in [0.717, 1.165) is 6.92 Å². The van der Waals surface area contributed by atoms with Crippen molar-refractivity contribution in [2.24, 2.45) is 0 Å². The van der Waals surface area contributed by atoms with E-state index in [4.69, 9.17) is 33.5 Å². The van der Waals surface area contributed by atoms with E-state index in [0.29, 0.717) is 0 Å². The molecule has 13 N–H and O–H groups in total. The average molecular weight is 869 g/mol. The van der Waals surface area contributed by atoms with E-state index in [2.05, 4.69) is 24.2 Å². The van der Waals surface area contributed by atoms with Crippen LogP contribution in [0.25, 0.3) is 0 Å². The fourth-order valence-electron chi connectivity index (χ4n) is 5.24. The zero-order valence-electron chi connectivity index (χ0n) is 29.2. The molecule has 2 aliphatic rings. The topological polar surface area (TPSA) is 423 Å². The van der Waals surface area contributed by atoms with Crippen molar-refractivity contribution in [1.82, 2.24) is 10.6 Å². The van der Waals surface area contributed by atoms with Crippen LogP contribution in [-0.2, 0) is 65.3 Å². The van der Waals surface area contributed by atoms with Crippen LogP contribution in [0, 0.1) is 0 Å². The number of ether oxygens (including phenoxy) is 5. The van der Waals surface area contributed by atoms with Crippen LogP contribution < -0.4 is 10.6 Å². The summed E-state index contributed by atoms with van der Waals surface area (Å²) in [5.74, 6) is -2.57. The highest BCUT2D eigenvalue weighted by Gasteiger charge is 2.51. The molecule has 322 valence electrons. The number of hydrogen-bond acceptors (Lipinski definition) is 19. The van der Waals surface area contributed by atoms with Crippen molar-refractivity contribution < 1.29 is 120 Å². The smallest absolute Gasteiger partial charge is 0.462 e. The highest BCUT2D eigenvalue weighted by Crippen LogP contribution is 2.42. The van der Waals surface area contributed by atoms with E-state index >= 15 is 0 Å². The first-order valence-electron chi connectivity index (χ1n) is 16.0. The van der Waals surface area contributed by atoms with Crippen molar-refractivity contribution >= 4 is 41.3 Å². The van der Waals surface area contributed by atoms with Gasteiger partial charge in [0.2, 0.25) is 11.8 Å².